The highest BCUT2D eigenvalue weighted by molar-refractivity contribution is 9.10. The summed E-state index contributed by atoms with van der Waals surface area (Å²) in [6.45, 7) is 0. The van der Waals surface area contributed by atoms with Crippen LogP contribution < -0.4 is 21.9 Å². The Balaban J connectivity index is 1.30. The van der Waals surface area contributed by atoms with Crippen LogP contribution in [0.1, 0.15) is 48.9 Å². The Morgan fingerprint density at radius 2 is 1.66 bits per heavy atom. The van der Waals surface area contributed by atoms with Crippen LogP contribution in [0.25, 0.3) is 0 Å². The molecule has 6 rings (SSSR count). The summed E-state index contributed by atoms with van der Waals surface area (Å²) in [7, 11) is 0. The van der Waals surface area contributed by atoms with Gasteiger partial charge in [-0.05, 0) is 84.3 Å². The van der Waals surface area contributed by atoms with Crippen LogP contribution in [-0.2, 0) is 0 Å². The molecule has 0 unspecified atom stereocenters. The maximum absolute atomic E-state index is 12.4. The van der Waals surface area contributed by atoms with Gasteiger partial charge in [-0.3, -0.25) is 15.6 Å². The van der Waals surface area contributed by atoms with Crippen LogP contribution in [0, 0.1) is 17.8 Å². The van der Waals surface area contributed by atoms with Gasteiger partial charge in [0.1, 0.15) is 12.0 Å². The molecule has 0 spiro atoms. The maximum atomic E-state index is 12.4. The zero-order valence-electron chi connectivity index (χ0n) is 16.1. The van der Waals surface area contributed by atoms with Crippen molar-refractivity contribution in [1.29, 1.82) is 0 Å². The van der Waals surface area contributed by atoms with Crippen LogP contribution in [-0.4, -0.2) is 21.4 Å². The molecular formula is C21H25BrN6O. The number of hydrazine groups is 1. The van der Waals surface area contributed by atoms with Crippen LogP contribution in [0.5, 0.6) is 0 Å². The number of anilines is 3. The molecule has 4 aliphatic carbocycles. The van der Waals surface area contributed by atoms with Crippen LogP contribution >= 0.6 is 15.9 Å². The Morgan fingerprint density at radius 3 is 2.31 bits per heavy atom. The fraction of sp³-hybridized carbons (Fsp3) is 0.476. The standard InChI is InChI=1S/C21H25BrN6O/c22-16-4-2-1-3-15(16)20(29)28-27-19-17(23)18(24-11-25-19)26-21-8-12-5-13(9-21)7-14(6-12)10-21/h1-4,11-14H,5-10,23H2,(H,28,29)(H2,24,25,26,27). The van der Waals surface area contributed by atoms with Crippen molar-refractivity contribution in [2.45, 2.75) is 44.1 Å². The molecule has 1 heterocycles. The van der Waals surface area contributed by atoms with E-state index in [0.717, 1.165) is 22.2 Å². The quantitative estimate of drug-likeness (QED) is 0.507. The van der Waals surface area contributed by atoms with Crippen LogP contribution in [0.4, 0.5) is 17.3 Å². The van der Waals surface area contributed by atoms with E-state index in [2.05, 4.69) is 42.1 Å². The van der Waals surface area contributed by atoms with E-state index < -0.39 is 0 Å². The summed E-state index contributed by atoms with van der Waals surface area (Å²) in [6, 6.07) is 7.23. The molecule has 4 saturated carbocycles. The number of nitrogens with one attached hydrogen (secondary N) is 3. The Hall–Kier alpha value is -2.35. The first kappa shape index (κ1) is 18.7. The first-order valence-corrected chi connectivity index (χ1v) is 11.0. The molecule has 5 N–H and O–H groups in total. The molecule has 0 aliphatic heterocycles. The van der Waals surface area contributed by atoms with Crippen molar-refractivity contribution in [2.24, 2.45) is 17.8 Å². The van der Waals surface area contributed by atoms with E-state index in [4.69, 9.17) is 5.73 Å². The van der Waals surface area contributed by atoms with Crippen LogP contribution in [0.2, 0.25) is 0 Å². The first-order valence-electron chi connectivity index (χ1n) is 10.2. The van der Waals surface area contributed by atoms with E-state index in [0.29, 0.717) is 22.9 Å². The van der Waals surface area contributed by atoms with Gasteiger partial charge < -0.3 is 11.1 Å². The van der Waals surface area contributed by atoms with E-state index in [9.17, 15) is 4.79 Å². The summed E-state index contributed by atoms with van der Waals surface area (Å²) >= 11 is 3.39. The molecule has 4 fully saturated rings. The fourth-order valence-electron chi connectivity index (χ4n) is 5.94. The second kappa shape index (κ2) is 7.16. The second-order valence-corrected chi connectivity index (χ2v) is 9.72. The van der Waals surface area contributed by atoms with Crippen molar-refractivity contribution in [2.75, 3.05) is 16.5 Å². The van der Waals surface area contributed by atoms with Crippen molar-refractivity contribution in [3.8, 4) is 0 Å². The third-order valence-corrected chi connectivity index (χ3v) is 7.41. The minimum absolute atomic E-state index is 0.104. The summed E-state index contributed by atoms with van der Waals surface area (Å²) in [5.41, 5.74) is 12.9. The van der Waals surface area contributed by atoms with Crippen LogP contribution in [0.3, 0.4) is 0 Å². The topological polar surface area (TPSA) is 105 Å². The predicted molar refractivity (Wildman–Crippen MR) is 116 cm³/mol. The number of benzene rings is 1. The smallest absolute Gasteiger partial charge is 0.270 e. The number of aromatic nitrogens is 2. The van der Waals surface area contributed by atoms with Gasteiger partial charge >= 0.3 is 0 Å². The molecule has 1 aromatic heterocycles. The second-order valence-electron chi connectivity index (χ2n) is 8.87. The highest BCUT2D eigenvalue weighted by Gasteiger charge is 2.51. The van der Waals surface area contributed by atoms with Crippen molar-refractivity contribution in [1.82, 2.24) is 15.4 Å². The monoisotopic (exact) mass is 456 g/mol. The Bertz CT molecular complexity index is 913. The van der Waals surface area contributed by atoms with Gasteiger partial charge in [0.05, 0.1) is 5.56 Å². The highest BCUT2D eigenvalue weighted by Crippen LogP contribution is 2.56. The molecule has 1 amide bonds. The zero-order valence-corrected chi connectivity index (χ0v) is 17.7. The minimum atomic E-state index is -0.272. The van der Waals surface area contributed by atoms with E-state index in [-0.39, 0.29) is 11.4 Å². The van der Waals surface area contributed by atoms with Crippen molar-refractivity contribution in [3.05, 3.63) is 40.6 Å². The summed E-state index contributed by atoms with van der Waals surface area (Å²) in [6.07, 6.45) is 9.22. The normalized spacial score (nSPS) is 29.5. The lowest BCUT2D eigenvalue weighted by Crippen LogP contribution is -2.55. The van der Waals surface area contributed by atoms with Crippen molar-refractivity contribution < 1.29 is 4.79 Å². The molecule has 0 atom stereocenters. The number of nitrogen functional groups attached to an aromatic ring is 1. The number of hydrogen-bond acceptors (Lipinski definition) is 6. The first-order chi connectivity index (χ1) is 14.0. The number of carbonyl (C=O) groups is 1. The summed E-state index contributed by atoms with van der Waals surface area (Å²) in [5.74, 6) is 3.27. The van der Waals surface area contributed by atoms with Gasteiger partial charge in [0.15, 0.2) is 11.6 Å². The molecule has 1 aromatic carbocycles. The molecule has 4 aliphatic rings. The van der Waals surface area contributed by atoms with Gasteiger partial charge in [0.25, 0.3) is 5.91 Å². The van der Waals surface area contributed by atoms with Gasteiger partial charge in [-0.15, -0.1) is 0 Å². The van der Waals surface area contributed by atoms with Gasteiger partial charge in [-0.25, -0.2) is 9.97 Å². The van der Waals surface area contributed by atoms with Crippen molar-refractivity contribution >= 4 is 39.2 Å². The lowest BCUT2D eigenvalue weighted by molar-refractivity contribution is 0.0106. The maximum Gasteiger partial charge on any atom is 0.270 e. The largest absolute Gasteiger partial charge is 0.393 e. The van der Waals surface area contributed by atoms with E-state index in [1.165, 1.54) is 44.9 Å². The third kappa shape index (κ3) is 3.54. The Kier molecular flexibility index (Phi) is 4.61. The zero-order chi connectivity index (χ0) is 20.0. The average molecular weight is 457 g/mol. The van der Waals surface area contributed by atoms with E-state index in [1.54, 1.807) is 6.07 Å². The number of nitrogens with two attached hydrogens (primary N) is 1. The summed E-state index contributed by atoms with van der Waals surface area (Å²) in [5, 5.41) is 3.69. The molecule has 152 valence electrons. The molecule has 8 heteroatoms. The molecule has 7 nitrogen and oxygen atoms in total. The van der Waals surface area contributed by atoms with Gasteiger partial charge in [-0.1, -0.05) is 12.1 Å². The molecule has 4 bridgehead atoms. The van der Waals surface area contributed by atoms with Gasteiger partial charge in [0, 0.05) is 10.0 Å². The SMILES string of the molecule is Nc1c(NNC(=O)c2ccccc2Br)ncnc1NC12CC3CC(CC(C3)C1)C2. The number of halogens is 1. The molecule has 29 heavy (non-hydrogen) atoms. The lowest BCUT2D eigenvalue weighted by Gasteiger charge is -2.57. The van der Waals surface area contributed by atoms with Crippen LogP contribution in [0.15, 0.2) is 35.1 Å². The van der Waals surface area contributed by atoms with Crippen molar-refractivity contribution in [3.63, 3.8) is 0 Å². The fourth-order valence-corrected chi connectivity index (χ4v) is 6.40. The predicted octanol–water partition coefficient (Wildman–Crippen LogP) is 3.96. The number of amides is 1. The number of rotatable bonds is 5. The lowest BCUT2D eigenvalue weighted by atomic mass is 9.53. The Labute approximate surface area is 178 Å². The number of nitrogens with zero attached hydrogens (tertiary/aromatic N) is 2. The van der Waals surface area contributed by atoms with E-state index in [1.807, 2.05) is 18.2 Å². The molecule has 0 radical (unpaired) electrons. The highest BCUT2D eigenvalue weighted by atomic mass is 79.9. The minimum Gasteiger partial charge on any atom is -0.393 e. The molecule has 0 saturated heterocycles. The molecule has 2 aromatic rings. The number of hydrogen-bond donors (Lipinski definition) is 4. The average Bonchev–Trinajstić information content (AvgIpc) is 2.67. The van der Waals surface area contributed by atoms with Gasteiger partial charge in [0.2, 0.25) is 0 Å². The van der Waals surface area contributed by atoms with Gasteiger partial charge in [-0.2, -0.15) is 0 Å². The Morgan fingerprint density at radius 1 is 1.03 bits per heavy atom. The third-order valence-electron chi connectivity index (χ3n) is 6.72. The summed E-state index contributed by atoms with van der Waals surface area (Å²) in [4.78, 5) is 21.0. The molecular weight excluding hydrogens is 432 g/mol. The summed E-state index contributed by atoms with van der Waals surface area (Å²) < 4.78 is 0.721. The number of carbonyl (C=O) groups excluding carboxylic acids is 1. The van der Waals surface area contributed by atoms with E-state index >= 15 is 0 Å².